The highest BCUT2D eigenvalue weighted by atomic mass is 16.8. The Balaban J connectivity index is 1.27. The van der Waals surface area contributed by atoms with Crippen LogP contribution >= 0.6 is 0 Å². The third-order valence-electron chi connectivity index (χ3n) is 7.43. The van der Waals surface area contributed by atoms with E-state index >= 15 is 0 Å². The number of hydrogen-bond donors (Lipinski definition) is 2. The van der Waals surface area contributed by atoms with E-state index in [-0.39, 0.29) is 25.9 Å². The number of hydrogen-bond acceptors (Lipinski definition) is 11. The average molecular weight is 530 g/mol. The zero-order chi connectivity index (χ0) is 27.0. The molecule has 2 N–H and O–H groups in total. The number of aliphatic hydroxyl groups is 2. The summed E-state index contributed by atoms with van der Waals surface area (Å²) in [7, 11) is 1.55. The van der Waals surface area contributed by atoms with Gasteiger partial charge in [0.05, 0.1) is 20.0 Å². The van der Waals surface area contributed by atoms with Crippen molar-refractivity contribution in [2.24, 2.45) is 0 Å². The van der Waals surface area contributed by atoms with Gasteiger partial charge in [0, 0.05) is 19.4 Å². The smallest absolute Gasteiger partial charge is 0.342 e. The van der Waals surface area contributed by atoms with Gasteiger partial charge in [-0.1, -0.05) is 17.9 Å². The van der Waals surface area contributed by atoms with Crippen LogP contribution in [0.15, 0.2) is 18.2 Å². The highest BCUT2D eigenvalue weighted by Gasteiger charge is 2.62. The molecule has 11 nitrogen and oxygen atoms in total. The number of nitrogens with zero attached hydrogens (tertiary/aromatic N) is 1. The molecule has 4 aliphatic rings. The molecule has 11 heteroatoms. The molecule has 3 saturated heterocycles. The van der Waals surface area contributed by atoms with E-state index < -0.39 is 53.8 Å². The molecule has 204 valence electrons. The van der Waals surface area contributed by atoms with Crippen LogP contribution in [0.4, 0.5) is 0 Å². The maximum Gasteiger partial charge on any atom is 0.342 e. The Hall–Kier alpha value is -3.33. The summed E-state index contributed by atoms with van der Waals surface area (Å²) >= 11 is 0. The van der Waals surface area contributed by atoms with Crippen molar-refractivity contribution >= 4 is 17.9 Å². The minimum Gasteiger partial charge on any atom is -0.493 e. The van der Waals surface area contributed by atoms with Crippen LogP contribution in [0.1, 0.15) is 50.5 Å². The lowest BCUT2D eigenvalue weighted by molar-refractivity contribution is -0.288. The first kappa shape index (κ1) is 26.3. The summed E-state index contributed by atoms with van der Waals surface area (Å²) in [5, 5.41) is 21.6. The highest BCUT2D eigenvalue weighted by Crippen LogP contribution is 2.45. The van der Waals surface area contributed by atoms with Crippen LogP contribution in [-0.4, -0.2) is 82.9 Å². The van der Waals surface area contributed by atoms with Gasteiger partial charge in [0.2, 0.25) is 0 Å². The zero-order valence-corrected chi connectivity index (χ0v) is 21.2. The third kappa shape index (κ3) is 5.29. The molecule has 0 aromatic heterocycles. The summed E-state index contributed by atoms with van der Waals surface area (Å²) in [6.07, 6.45) is -0.845. The number of benzene rings is 1. The Bertz CT molecular complexity index is 1180. The van der Waals surface area contributed by atoms with Crippen molar-refractivity contribution in [2.45, 2.75) is 74.6 Å². The van der Waals surface area contributed by atoms with Crippen molar-refractivity contribution in [1.29, 1.82) is 0 Å². The largest absolute Gasteiger partial charge is 0.493 e. The summed E-state index contributed by atoms with van der Waals surface area (Å²) in [6.45, 7) is 2.92. The predicted molar refractivity (Wildman–Crippen MR) is 129 cm³/mol. The monoisotopic (exact) mass is 529 g/mol. The lowest BCUT2D eigenvalue weighted by atomic mass is 9.79. The molecule has 1 spiro atoms. The molecule has 3 heterocycles. The van der Waals surface area contributed by atoms with Crippen LogP contribution in [0.3, 0.4) is 0 Å². The summed E-state index contributed by atoms with van der Waals surface area (Å²) < 4.78 is 27.4. The second-order valence-electron chi connectivity index (χ2n) is 10.3. The van der Waals surface area contributed by atoms with Gasteiger partial charge in [0.25, 0.3) is 5.79 Å². The molecule has 1 aromatic carbocycles. The molecule has 38 heavy (non-hydrogen) atoms. The van der Waals surface area contributed by atoms with Crippen molar-refractivity contribution in [1.82, 2.24) is 4.90 Å². The van der Waals surface area contributed by atoms with E-state index in [1.807, 2.05) is 18.2 Å². The number of esters is 3. The molecule has 1 aliphatic carbocycles. The molecule has 2 bridgehead atoms. The standard InChI is InChI=1S/C27H31NO10/c1-34-19-6-5-18(17-28-10-2-3-11-28)13-20(19)35-12-4-7-25(32)8-9-27-21(14-25)36-22(29)15-26(33,24(31)38-27)16-23(30)37-27/h5-6,13,21,32-33H,2-3,8-12,14-17H2,1H3. The van der Waals surface area contributed by atoms with Gasteiger partial charge in [-0.25, -0.2) is 4.79 Å². The average Bonchev–Trinajstić information content (AvgIpc) is 3.34. The first-order valence-electron chi connectivity index (χ1n) is 12.7. The van der Waals surface area contributed by atoms with Crippen molar-refractivity contribution in [3.05, 3.63) is 23.8 Å². The van der Waals surface area contributed by atoms with Gasteiger partial charge in [-0.05, 0) is 50.0 Å². The molecule has 5 rings (SSSR count). The van der Waals surface area contributed by atoms with Gasteiger partial charge < -0.3 is 33.9 Å². The first-order valence-corrected chi connectivity index (χ1v) is 12.7. The third-order valence-corrected chi connectivity index (χ3v) is 7.43. The number of carbonyl (C=O) groups is 3. The molecule has 0 amide bonds. The van der Waals surface area contributed by atoms with E-state index in [1.165, 1.54) is 12.8 Å². The Morgan fingerprint density at radius 2 is 1.82 bits per heavy atom. The fourth-order valence-electron chi connectivity index (χ4n) is 5.42. The summed E-state index contributed by atoms with van der Waals surface area (Å²) in [5.74, 6) is 1.83. The minimum atomic E-state index is -2.35. The van der Waals surface area contributed by atoms with Gasteiger partial charge in [0.1, 0.15) is 12.2 Å². The van der Waals surface area contributed by atoms with Crippen LogP contribution in [0.25, 0.3) is 0 Å². The molecule has 4 unspecified atom stereocenters. The second-order valence-corrected chi connectivity index (χ2v) is 10.3. The first-order chi connectivity index (χ1) is 18.1. The molecule has 1 saturated carbocycles. The number of rotatable bonds is 5. The normalized spacial score (nSPS) is 32.9. The Morgan fingerprint density at radius 1 is 1.05 bits per heavy atom. The number of ether oxygens (including phenoxy) is 5. The predicted octanol–water partition coefficient (Wildman–Crippen LogP) is 0.821. The number of fused-ring (bicyclic) bond motifs is 2. The van der Waals surface area contributed by atoms with E-state index in [1.54, 1.807) is 7.11 Å². The number of methoxy groups -OCH3 is 1. The summed E-state index contributed by atoms with van der Waals surface area (Å²) in [5.41, 5.74) is -2.88. The van der Waals surface area contributed by atoms with Crippen molar-refractivity contribution in [2.75, 3.05) is 26.8 Å². The molecule has 1 aromatic rings. The molecular formula is C27H31NO10. The lowest BCUT2D eigenvalue weighted by Crippen LogP contribution is -2.60. The Labute approximate surface area is 219 Å². The van der Waals surface area contributed by atoms with Crippen LogP contribution < -0.4 is 9.47 Å². The maximum atomic E-state index is 12.6. The Morgan fingerprint density at radius 3 is 2.58 bits per heavy atom. The van der Waals surface area contributed by atoms with E-state index in [4.69, 9.17) is 23.7 Å². The SMILES string of the molecule is COc1ccc(CN2CCCC2)cc1OCC#CC1(O)CCC23OC(=O)CC(O)(CC(=O)OC2C1)C(=O)O3. The van der Waals surface area contributed by atoms with Gasteiger partial charge in [-0.2, -0.15) is 0 Å². The van der Waals surface area contributed by atoms with Crippen molar-refractivity contribution in [3.8, 4) is 23.3 Å². The van der Waals surface area contributed by atoms with Gasteiger partial charge in [-0.15, -0.1) is 0 Å². The van der Waals surface area contributed by atoms with Crippen LogP contribution in [0.2, 0.25) is 0 Å². The van der Waals surface area contributed by atoms with Crippen LogP contribution in [0.5, 0.6) is 11.5 Å². The van der Waals surface area contributed by atoms with E-state index in [0.29, 0.717) is 11.5 Å². The molecular weight excluding hydrogens is 498 g/mol. The van der Waals surface area contributed by atoms with Crippen molar-refractivity contribution in [3.63, 3.8) is 0 Å². The quantitative estimate of drug-likeness (QED) is 0.414. The van der Waals surface area contributed by atoms with Crippen LogP contribution in [-0.2, 0) is 35.1 Å². The topological polar surface area (TPSA) is 141 Å². The number of likely N-dealkylation sites (tertiary alicyclic amines) is 1. The highest BCUT2D eigenvalue weighted by molar-refractivity contribution is 5.92. The van der Waals surface area contributed by atoms with Crippen LogP contribution in [0, 0.1) is 11.8 Å². The van der Waals surface area contributed by atoms with Gasteiger partial charge in [0.15, 0.2) is 23.2 Å². The lowest BCUT2D eigenvalue weighted by Gasteiger charge is -2.45. The van der Waals surface area contributed by atoms with E-state index in [2.05, 4.69) is 16.7 Å². The Kier molecular flexibility index (Phi) is 6.98. The fourth-order valence-corrected chi connectivity index (χ4v) is 5.42. The molecule has 0 radical (unpaired) electrons. The molecule has 4 atom stereocenters. The van der Waals surface area contributed by atoms with Gasteiger partial charge in [-0.3, -0.25) is 14.5 Å². The number of carbonyl (C=O) groups excluding carboxylic acids is 3. The van der Waals surface area contributed by atoms with Gasteiger partial charge >= 0.3 is 17.9 Å². The van der Waals surface area contributed by atoms with E-state index in [9.17, 15) is 24.6 Å². The zero-order valence-electron chi connectivity index (χ0n) is 21.2. The fraction of sp³-hybridized carbons (Fsp3) is 0.593. The summed E-state index contributed by atoms with van der Waals surface area (Å²) in [4.78, 5) is 39.7. The maximum absolute atomic E-state index is 12.6. The molecule has 3 aliphatic heterocycles. The van der Waals surface area contributed by atoms with E-state index in [0.717, 1.165) is 25.2 Å². The second kappa shape index (κ2) is 10.1. The van der Waals surface area contributed by atoms with Crippen molar-refractivity contribution < 1.29 is 48.3 Å². The minimum absolute atomic E-state index is 0.0400. The molecule has 4 fully saturated rings. The summed E-state index contributed by atoms with van der Waals surface area (Å²) in [6, 6.07) is 5.77.